The molecule has 0 saturated heterocycles. The Morgan fingerprint density at radius 1 is 1.41 bits per heavy atom. The van der Waals surface area contributed by atoms with E-state index in [9.17, 15) is 10.1 Å². The maximum atomic E-state index is 10.8. The third-order valence-corrected chi connectivity index (χ3v) is 2.85. The van der Waals surface area contributed by atoms with Gasteiger partial charge in [0, 0.05) is 18.2 Å². The number of benzene rings is 1. The van der Waals surface area contributed by atoms with Gasteiger partial charge in [-0.25, -0.2) is 0 Å². The molecule has 0 saturated carbocycles. The molecule has 1 unspecified atom stereocenters. The number of hydrogen-bond acceptors (Lipinski definition) is 3. The summed E-state index contributed by atoms with van der Waals surface area (Å²) in [4.78, 5) is 10.4. The molecule has 4 nitrogen and oxygen atoms in total. The predicted molar refractivity (Wildman–Crippen MR) is 68.9 cm³/mol. The van der Waals surface area contributed by atoms with Crippen molar-refractivity contribution >= 4 is 5.69 Å². The fraction of sp³-hybridized carbons (Fsp3) is 0.538. The number of nitro groups is 1. The average Bonchev–Trinajstić information content (AvgIpc) is 2.27. The zero-order chi connectivity index (χ0) is 13.0. The van der Waals surface area contributed by atoms with E-state index in [1.165, 1.54) is 0 Å². The molecular weight excluding hydrogens is 216 g/mol. The van der Waals surface area contributed by atoms with Crippen molar-refractivity contribution in [1.82, 2.24) is 0 Å². The third kappa shape index (κ3) is 3.53. The van der Waals surface area contributed by atoms with Crippen LogP contribution in [0.4, 0.5) is 5.69 Å². The summed E-state index contributed by atoms with van der Waals surface area (Å²) < 4.78 is 0. The zero-order valence-corrected chi connectivity index (χ0v) is 10.6. The Morgan fingerprint density at radius 3 is 2.53 bits per heavy atom. The van der Waals surface area contributed by atoms with Gasteiger partial charge in [-0.1, -0.05) is 26.8 Å². The summed E-state index contributed by atoms with van der Waals surface area (Å²) >= 11 is 0. The van der Waals surface area contributed by atoms with Crippen molar-refractivity contribution in [2.45, 2.75) is 39.7 Å². The van der Waals surface area contributed by atoms with Crippen LogP contribution in [-0.2, 0) is 6.42 Å². The molecular formula is C13H20N2O2. The highest BCUT2D eigenvalue weighted by molar-refractivity contribution is 5.41. The molecule has 0 amide bonds. The van der Waals surface area contributed by atoms with Crippen molar-refractivity contribution in [3.05, 3.63) is 39.4 Å². The predicted octanol–water partition coefficient (Wildman–Crippen LogP) is 3.20. The zero-order valence-electron chi connectivity index (χ0n) is 10.6. The molecule has 0 aliphatic rings. The van der Waals surface area contributed by atoms with Gasteiger partial charge in [0.25, 0.3) is 5.69 Å². The molecule has 0 radical (unpaired) electrons. The molecule has 1 aromatic rings. The van der Waals surface area contributed by atoms with E-state index < -0.39 is 0 Å². The van der Waals surface area contributed by atoms with Gasteiger partial charge in [-0.3, -0.25) is 10.1 Å². The second-order valence-corrected chi connectivity index (χ2v) is 4.73. The second-order valence-electron chi connectivity index (χ2n) is 4.73. The first-order valence-corrected chi connectivity index (χ1v) is 5.98. The van der Waals surface area contributed by atoms with E-state index >= 15 is 0 Å². The molecule has 4 heteroatoms. The lowest BCUT2D eigenvalue weighted by Gasteiger charge is -2.17. The quantitative estimate of drug-likeness (QED) is 0.630. The molecule has 0 aliphatic heterocycles. The lowest BCUT2D eigenvalue weighted by atomic mass is 9.92. The van der Waals surface area contributed by atoms with E-state index in [2.05, 4.69) is 13.8 Å². The Morgan fingerprint density at radius 2 is 2.06 bits per heavy atom. The molecule has 2 N–H and O–H groups in total. The Kier molecular flexibility index (Phi) is 4.63. The van der Waals surface area contributed by atoms with E-state index in [-0.39, 0.29) is 16.7 Å². The number of hydrogen-bond donors (Lipinski definition) is 1. The summed E-state index contributed by atoms with van der Waals surface area (Å²) in [5, 5.41) is 10.8. The normalized spacial score (nSPS) is 12.8. The Labute approximate surface area is 102 Å². The van der Waals surface area contributed by atoms with Crippen LogP contribution >= 0.6 is 0 Å². The van der Waals surface area contributed by atoms with Gasteiger partial charge < -0.3 is 5.73 Å². The van der Waals surface area contributed by atoms with Crippen LogP contribution in [0.1, 0.15) is 44.4 Å². The van der Waals surface area contributed by atoms with Crippen LogP contribution in [0.25, 0.3) is 0 Å². The summed E-state index contributed by atoms with van der Waals surface area (Å²) in [6.45, 7) is 6.23. The highest BCUT2D eigenvalue weighted by Crippen LogP contribution is 2.26. The van der Waals surface area contributed by atoms with Crippen molar-refractivity contribution < 1.29 is 4.92 Å². The summed E-state index contributed by atoms with van der Waals surface area (Å²) in [6.07, 6.45) is 1.69. The van der Waals surface area contributed by atoms with Crippen molar-refractivity contribution in [3.63, 3.8) is 0 Å². The van der Waals surface area contributed by atoms with Crippen LogP contribution in [0.2, 0.25) is 0 Å². The maximum Gasteiger partial charge on any atom is 0.269 e. The van der Waals surface area contributed by atoms with Gasteiger partial charge in [-0.2, -0.15) is 0 Å². The van der Waals surface area contributed by atoms with Crippen LogP contribution in [0, 0.1) is 16.0 Å². The maximum absolute atomic E-state index is 10.8. The second kappa shape index (κ2) is 5.77. The Balaban J connectivity index is 3.09. The highest BCUT2D eigenvalue weighted by Gasteiger charge is 2.16. The monoisotopic (exact) mass is 236 g/mol. The number of aryl methyl sites for hydroxylation is 1. The first-order valence-electron chi connectivity index (χ1n) is 5.98. The molecule has 1 atom stereocenters. The van der Waals surface area contributed by atoms with Gasteiger partial charge in [0.1, 0.15) is 0 Å². The van der Waals surface area contributed by atoms with Crippen molar-refractivity contribution in [1.29, 1.82) is 0 Å². The van der Waals surface area contributed by atoms with Crippen LogP contribution in [0.3, 0.4) is 0 Å². The Hall–Kier alpha value is -1.42. The molecule has 1 aromatic carbocycles. The molecule has 0 aliphatic carbocycles. The molecule has 0 heterocycles. The number of nitrogens with two attached hydrogens (primary N) is 1. The fourth-order valence-corrected chi connectivity index (χ4v) is 2.00. The highest BCUT2D eigenvalue weighted by atomic mass is 16.6. The summed E-state index contributed by atoms with van der Waals surface area (Å²) in [6, 6.07) is 4.86. The minimum atomic E-state index is -0.370. The number of non-ortho nitro benzene ring substituents is 1. The van der Waals surface area contributed by atoms with E-state index in [1.54, 1.807) is 12.1 Å². The van der Waals surface area contributed by atoms with Gasteiger partial charge in [0.2, 0.25) is 0 Å². The van der Waals surface area contributed by atoms with Crippen molar-refractivity contribution in [3.8, 4) is 0 Å². The van der Waals surface area contributed by atoms with Gasteiger partial charge >= 0.3 is 0 Å². The van der Waals surface area contributed by atoms with E-state index in [4.69, 9.17) is 5.73 Å². The topological polar surface area (TPSA) is 69.2 Å². The molecule has 0 fully saturated rings. The first kappa shape index (κ1) is 13.6. The SMILES string of the molecule is CCc1ccc([N+](=O)[O-])cc1C(N)CC(C)C. The van der Waals surface area contributed by atoms with Gasteiger partial charge in [-0.15, -0.1) is 0 Å². The van der Waals surface area contributed by atoms with Gasteiger partial charge in [-0.05, 0) is 29.9 Å². The average molecular weight is 236 g/mol. The summed E-state index contributed by atoms with van der Waals surface area (Å²) in [5.74, 6) is 0.481. The molecule has 0 aromatic heterocycles. The molecule has 94 valence electrons. The minimum absolute atomic E-state index is 0.121. The van der Waals surface area contributed by atoms with Crippen LogP contribution < -0.4 is 5.73 Å². The van der Waals surface area contributed by atoms with Crippen molar-refractivity contribution in [2.24, 2.45) is 11.7 Å². The summed E-state index contributed by atoms with van der Waals surface area (Å²) in [7, 11) is 0. The Bertz CT molecular complexity index is 402. The van der Waals surface area contributed by atoms with Crippen LogP contribution in [0.15, 0.2) is 18.2 Å². The van der Waals surface area contributed by atoms with E-state index in [0.717, 1.165) is 24.0 Å². The minimum Gasteiger partial charge on any atom is -0.324 e. The number of nitro benzene ring substituents is 1. The van der Waals surface area contributed by atoms with Crippen LogP contribution in [-0.4, -0.2) is 4.92 Å². The first-order chi connectivity index (χ1) is 7.95. The van der Waals surface area contributed by atoms with E-state index in [1.807, 2.05) is 13.0 Å². The smallest absolute Gasteiger partial charge is 0.269 e. The van der Waals surface area contributed by atoms with E-state index in [0.29, 0.717) is 5.92 Å². The third-order valence-electron chi connectivity index (χ3n) is 2.85. The van der Waals surface area contributed by atoms with Crippen molar-refractivity contribution in [2.75, 3.05) is 0 Å². The number of nitrogens with zero attached hydrogens (tertiary/aromatic N) is 1. The molecule has 0 bridgehead atoms. The molecule has 1 rings (SSSR count). The van der Waals surface area contributed by atoms with Gasteiger partial charge in [0.15, 0.2) is 0 Å². The summed E-state index contributed by atoms with van der Waals surface area (Å²) in [5.41, 5.74) is 8.25. The van der Waals surface area contributed by atoms with Crippen LogP contribution in [0.5, 0.6) is 0 Å². The number of rotatable bonds is 5. The molecule has 0 spiro atoms. The lowest BCUT2D eigenvalue weighted by molar-refractivity contribution is -0.384. The fourth-order valence-electron chi connectivity index (χ4n) is 2.00. The molecule has 17 heavy (non-hydrogen) atoms. The lowest BCUT2D eigenvalue weighted by Crippen LogP contribution is -2.15. The standard InChI is InChI=1S/C13H20N2O2/c1-4-10-5-6-11(15(16)17)8-12(10)13(14)7-9(2)3/h5-6,8-9,13H,4,7,14H2,1-3H3. The largest absolute Gasteiger partial charge is 0.324 e. The van der Waals surface area contributed by atoms with Gasteiger partial charge in [0.05, 0.1) is 4.92 Å².